The molecule has 41 heavy (non-hydrogen) atoms. The van der Waals surface area contributed by atoms with Gasteiger partial charge in [-0.15, -0.1) is 0 Å². The monoisotopic (exact) mass is 600 g/mol. The van der Waals surface area contributed by atoms with E-state index in [1.165, 1.54) is 39.0 Å². The van der Waals surface area contributed by atoms with Gasteiger partial charge in [-0.3, -0.25) is 14.3 Å². The van der Waals surface area contributed by atoms with Crippen LogP contribution in [0.2, 0.25) is 5.02 Å². The topological polar surface area (TPSA) is 99.2 Å². The Morgan fingerprint density at radius 1 is 1.17 bits per heavy atom. The molecule has 1 heterocycles. The summed E-state index contributed by atoms with van der Waals surface area (Å²) in [5, 5.41) is 6.62. The van der Waals surface area contributed by atoms with E-state index in [9.17, 15) is 22.8 Å². The molecule has 1 unspecified atom stereocenters. The zero-order valence-corrected chi connectivity index (χ0v) is 25.9. The number of rotatable bonds is 9. The van der Waals surface area contributed by atoms with Gasteiger partial charge in [0.15, 0.2) is 0 Å². The number of ether oxygens (including phenoxy) is 1. The molecule has 1 atom stereocenters. The minimum absolute atomic E-state index is 0.0325. The fraction of sp³-hybridized carbons (Fsp3) is 0.500. The Kier molecular flexibility index (Phi) is 16.8. The van der Waals surface area contributed by atoms with Crippen LogP contribution >= 0.6 is 11.6 Å². The van der Waals surface area contributed by atoms with Gasteiger partial charge in [0.1, 0.15) is 35.6 Å². The van der Waals surface area contributed by atoms with Crippen LogP contribution in [0, 0.1) is 5.82 Å². The summed E-state index contributed by atoms with van der Waals surface area (Å²) in [6.45, 7) is 18.9. The van der Waals surface area contributed by atoms with Gasteiger partial charge in [0.25, 0.3) is 6.43 Å². The average Bonchev–Trinajstić information content (AvgIpc) is 3.58. The molecule has 1 aromatic carbocycles. The summed E-state index contributed by atoms with van der Waals surface area (Å²) < 4.78 is 44.3. The van der Waals surface area contributed by atoms with E-state index in [1.807, 2.05) is 6.92 Å². The summed E-state index contributed by atoms with van der Waals surface area (Å²) in [6, 6.07) is 4.79. The Bertz CT molecular complexity index is 1160. The number of hydrogen-bond acceptors (Lipinski definition) is 4. The minimum Gasteiger partial charge on any atom is -0.495 e. The number of aromatic nitrogens is 2. The van der Waals surface area contributed by atoms with Gasteiger partial charge in [0.05, 0.1) is 7.11 Å². The molecule has 1 aliphatic rings. The number of carbonyl (C=O) groups excluding carboxylic acids is 2. The van der Waals surface area contributed by atoms with E-state index >= 15 is 0 Å². The van der Waals surface area contributed by atoms with Gasteiger partial charge in [-0.2, -0.15) is 5.10 Å². The third-order valence-corrected chi connectivity index (χ3v) is 5.99. The highest BCUT2D eigenvalue weighted by Gasteiger charge is 2.46. The lowest BCUT2D eigenvalue weighted by molar-refractivity contribution is -0.127. The largest absolute Gasteiger partial charge is 0.495 e. The van der Waals surface area contributed by atoms with Gasteiger partial charge in [-0.1, -0.05) is 76.9 Å². The molecule has 0 bridgehead atoms. The van der Waals surface area contributed by atoms with Crippen LogP contribution in [0.3, 0.4) is 0 Å². The zero-order valence-electron chi connectivity index (χ0n) is 25.1. The lowest BCUT2D eigenvalue weighted by Crippen LogP contribution is -2.43. The standard InChI is InChI=1S/C12H12ClF.C12H16F2N4O3.2C3H8/c1-8(2)12(5-6-12)10-4-3-9(14)7-11(10)13;1-6(12(15)20)16-10(19)5-18-9(11(13)14)4-8(17-18)7(2)21-3;2*1-3-2/h3-4,7H,1,5-6H2,2H3;4,6,11H,2,5H2,1,3H3,(H2,15,20)(H,16,19);2*3H2,1-2H3. The second-order valence-corrected chi connectivity index (χ2v) is 10.0. The maximum absolute atomic E-state index is 12.9. The highest BCUT2D eigenvalue weighted by atomic mass is 35.5. The Labute approximate surface area is 247 Å². The van der Waals surface area contributed by atoms with Crippen molar-refractivity contribution >= 4 is 29.2 Å². The van der Waals surface area contributed by atoms with Crippen molar-refractivity contribution in [1.82, 2.24) is 15.1 Å². The number of nitrogens with zero attached hydrogens (tertiary/aromatic N) is 2. The molecule has 1 aliphatic carbocycles. The van der Waals surface area contributed by atoms with Gasteiger partial charge in [-0.05, 0) is 50.5 Å². The highest BCUT2D eigenvalue weighted by molar-refractivity contribution is 6.31. The van der Waals surface area contributed by atoms with Crippen molar-refractivity contribution in [3.05, 3.63) is 70.8 Å². The first-order valence-electron chi connectivity index (χ1n) is 13.4. The highest BCUT2D eigenvalue weighted by Crippen LogP contribution is 2.54. The normalized spacial score (nSPS) is 13.2. The van der Waals surface area contributed by atoms with Crippen molar-refractivity contribution < 1.29 is 27.5 Å². The Balaban J connectivity index is 0.000000684. The van der Waals surface area contributed by atoms with Crippen LogP contribution < -0.4 is 11.1 Å². The van der Waals surface area contributed by atoms with E-state index < -0.39 is 36.5 Å². The summed E-state index contributed by atoms with van der Waals surface area (Å²) in [4.78, 5) is 22.5. The van der Waals surface area contributed by atoms with Crippen molar-refractivity contribution in [1.29, 1.82) is 0 Å². The molecule has 1 fully saturated rings. The zero-order chi connectivity index (χ0) is 31.9. The number of hydrogen-bond donors (Lipinski definition) is 2. The quantitative estimate of drug-likeness (QED) is 0.232. The molecular formula is C30H44ClF3N4O3. The third kappa shape index (κ3) is 12.0. The van der Waals surface area contributed by atoms with Crippen LogP contribution in [-0.2, 0) is 26.3 Å². The smallest absolute Gasteiger partial charge is 0.280 e. The van der Waals surface area contributed by atoms with Gasteiger partial charge in [-0.25, -0.2) is 13.2 Å². The first kappa shape index (κ1) is 37.7. The molecule has 7 nitrogen and oxygen atoms in total. The predicted molar refractivity (Wildman–Crippen MR) is 159 cm³/mol. The third-order valence-electron chi connectivity index (χ3n) is 5.68. The van der Waals surface area contributed by atoms with E-state index in [2.05, 4.69) is 51.3 Å². The van der Waals surface area contributed by atoms with Crippen molar-refractivity contribution in [2.24, 2.45) is 5.73 Å². The van der Waals surface area contributed by atoms with Crippen molar-refractivity contribution in [2.45, 2.75) is 91.7 Å². The molecule has 11 heteroatoms. The molecule has 3 N–H and O–H groups in total. The number of alkyl halides is 2. The summed E-state index contributed by atoms with van der Waals surface area (Å²) in [7, 11) is 1.32. The molecule has 0 aliphatic heterocycles. The van der Waals surface area contributed by atoms with E-state index in [0.29, 0.717) is 5.02 Å². The van der Waals surface area contributed by atoms with Crippen molar-refractivity contribution in [2.75, 3.05) is 7.11 Å². The summed E-state index contributed by atoms with van der Waals surface area (Å²) in [6.07, 6.45) is 1.83. The number of carbonyl (C=O) groups is 2. The number of nitrogens with one attached hydrogen (secondary N) is 1. The lowest BCUT2D eigenvalue weighted by Gasteiger charge is -2.17. The van der Waals surface area contributed by atoms with Crippen LogP contribution in [-0.4, -0.2) is 34.7 Å². The molecule has 2 amide bonds. The van der Waals surface area contributed by atoms with E-state index in [1.54, 1.807) is 6.07 Å². The molecule has 1 aromatic heterocycles. The van der Waals surface area contributed by atoms with Gasteiger partial charge >= 0.3 is 0 Å². The minimum atomic E-state index is -2.82. The first-order valence-corrected chi connectivity index (χ1v) is 13.8. The number of methoxy groups -OCH3 is 1. The van der Waals surface area contributed by atoms with Crippen molar-refractivity contribution in [3.8, 4) is 0 Å². The SMILES string of the molecule is C=C(C)C1(c2ccc(F)cc2Cl)CC1.C=C(OC)c1cc(C(F)F)n(CC(=O)NC(C)C(N)=O)n1.CCC.CCC. The molecule has 3 rings (SSSR count). The number of primary amides is 1. The Hall–Kier alpha value is -3.27. The fourth-order valence-electron chi connectivity index (χ4n) is 3.40. The molecular weight excluding hydrogens is 557 g/mol. The number of amides is 2. The second-order valence-electron chi connectivity index (χ2n) is 9.63. The molecule has 2 aromatic rings. The predicted octanol–water partition coefficient (Wildman–Crippen LogP) is 7.35. The van der Waals surface area contributed by atoms with E-state index in [0.717, 1.165) is 34.7 Å². The van der Waals surface area contributed by atoms with E-state index in [-0.39, 0.29) is 22.7 Å². The number of nitrogens with two attached hydrogens (primary N) is 1. The van der Waals surface area contributed by atoms with Crippen LogP contribution in [0.5, 0.6) is 0 Å². The lowest BCUT2D eigenvalue weighted by atomic mass is 9.89. The Morgan fingerprint density at radius 3 is 2.10 bits per heavy atom. The second kappa shape index (κ2) is 18.2. The van der Waals surface area contributed by atoms with Gasteiger partial charge in [0.2, 0.25) is 11.8 Å². The maximum atomic E-state index is 12.9. The summed E-state index contributed by atoms with van der Waals surface area (Å²) in [5.41, 5.74) is 6.81. The van der Waals surface area contributed by atoms with Crippen LogP contribution in [0.25, 0.3) is 5.76 Å². The van der Waals surface area contributed by atoms with Crippen LogP contribution in [0.1, 0.15) is 90.6 Å². The molecule has 1 saturated carbocycles. The van der Waals surface area contributed by atoms with Crippen LogP contribution in [0.4, 0.5) is 13.2 Å². The molecule has 0 spiro atoms. The van der Waals surface area contributed by atoms with Crippen molar-refractivity contribution in [3.63, 3.8) is 0 Å². The van der Waals surface area contributed by atoms with Gasteiger partial charge in [0, 0.05) is 10.4 Å². The number of benzene rings is 1. The van der Waals surface area contributed by atoms with Gasteiger partial charge < -0.3 is 15.8 Å². The maximum Gasteiger partial charge on any atom is 0.280 e. The van der Waals surface area contributed by atoms with Crippen LogP contribution in [0.15, 0.2) is 43.0 Å². The summed E-state index contributed by atoms with van der Waals surface area (Å²) in [5.74, 6) is -1.58. The number of halogens is 4. The molecule has 0 saturated heterocycles. The molecule has 230 valence electrons. The molecule has 0 radical (unpaired) electrons. The average molecular weight is 601 g/mol. The summed E-state index contributed by atoms with van der Waals surface area (Å²) >= 11 is 6.02. The van der Waals surface area contributed by atoms with E-state index in [4.69, 9.17) is 22.1 Å². The number of allylic oxidation sites excluding steroid dienone is 1. The fourth-order valence-corrected chi connectivity index (χ4v) is 3.75. The first-order chi connectivity index (χ1) is 19.1. The Morgan fingerprint density at radius 2 is 1.71 bits per heavy atom.